The molecule has 0 amide bonds. The zero-order valence-corrected chi connectivity index (χ0v) is 14.0. The molecule has 2 heterocycles. The summed E-state index contributed by atoms with van der Waals surface area (Å²) in [5, 5.41) is 4.09. The van der Waals surface area contributed by atoms with E-state index >= 15 is 0 Å². The van der Waals surface area contributed by atoms with E-state index < -0.39 is 0 Å². The second-order valence-corrected chi connectivity index (χ2v) is 6.52. The normalized spacial score (nSPS) is 15.4. The van der Waals surface area contributed by atoms with Crippen LogP contribution in [0.15, 0.2) is 47.4 Å². The van der Waals surface area contributed by atoms with Gasteiger partial charge in [0, 0.05) is 24.0 Å². The fourth-order valence-corrected chi connectivity index (χ4v) is 3.45. The zero-order valence-electron chi connectivity index (χ0n) is 14.0. The average molecular weight is 335 g/mol. The Bertz CT molecular complexity index is 945. The van der Waals surface area contributed by atoms with Crippen LogP contribution in [0.4, 0.5) is 11.6 Å². The number of benzene rings is 1. The van der Waals surface area contributed by atoms with Crippen LogP contribution in [0.2, 0.25) is 0 Å². The number of nitrogens with zero attached hydrogens (tertiary/aromatic N) is 3. The van der Waals surface area contributed by atoms with Crippen LogP contribution < -0.4 is 16.6 Å². The molecule has 6 nitrogen and oxygen atoms in total. The van der Waals surface area contributed by atoms with Gasteiger partial charge in [0.05, 0.1) is 11.1 Å². The van der Waals surface area contributed by atoms with E-state index in [0.29, 0.717) is 28.7 Å². The van der Waals surface area contributed by atoms with E-state index in [1.165, 1.54) is 25.3 Å². The first-order valence-corrected chi connectivity index (χ1v) is 8.72. The molecule has 3 aromatic rings. The highest BCUT2D eigenvalue weighted by atomic mass is 16.1. The van der Waals surface area contributed by atoms with Gasteiger partial charge >= 0.3 is 0 Å². The number of nitrogens with two attached hydrogens (primary N) is 1. The minimum absolute atomic E-state index is 0.196. The molecule has 2 aromatic heterocycles. The molecule has 0 unspecified atom stereocenters. The molecule has 1 fully saturated rings. The van der Waals surface area contributed by atoms with E-state index in [-0.39, 0.29) is 5.56 Å². The van der Waals surface area contributed by atoms with Gasteiger partial charge in [-0.2, -0.15) is 4.98 Å². The molecule has 0 atom stereocenters. The van der Waals surface area contributed by atoms with Crippen LogP contribution in [0.1, 0.15) is 32.1 Å². The summed E-state index contributed by atoms with van der Waals surface area (Å²) in [6.45, 7) is 0. The largest absolute Gasteiger partial charge is 0.398 e. The Balaban J connectivity index is 1.83. The molecule has 0 aliphatic heterocycles. The van der Waals surface area contributed by atoms with E-state index in [1.807, 2.05) is 30.3 Å². The predicted octanol–water partition coefficient (Wildman–Crippen LogP) is 3.11. The molecular weight excluding hydrogens is 314 g/mol. The van der Waals surface area contributed by atoms with Gasteiger partial charge in [-0.3, -0.25) is 9.36 Å². The number of para-hydroxylation sites is 1. The van der Waals surface area contributed by atoms with Gasteiger partial charge in [-0.15, -0.1) is 0 Å². The van der Waals surface area contributed by atoms with Gasteiger partial charge < -0.3 is 11.1 Å². The van der Waals surface area contributed by atoms with Gasteiger partial charge in [-0.25, -0.2) is 4.98 Å². The van der Waals surface area contributed by atoms with Crippen molar-refractivity contribution in [1.29, 1.82) is 0 Å². The van der Waals surface area contributed by atoms with Crippen LogP contribution in [-0.4, -0.2) is 20.6 Å². The molecule has 0 bridgehead atoms. The number of rotatable bonds is 3. The van der Waals surface area contributed by atoms with Gasteiger partial charge in [-0.1, -0.05) is 37.5 Å². The number of hydrogen-bond donors (Lipinski definition) is 2. The van der Waals surface area contributed by atoms with Gasteiger partial charge in [0.2, 0.25) is 5.95 Å². The number of nitrogen functional groups attached to an aromatic ring is 1. The molecule has 0 spiro atoms. The Morgan fingerprint density at radius 2 is 1.88 bits per heavy atom. The quantitative estimate of drug-likeness (QED) is 0.768. The summed E-state index contributed by atoms with van der Waals surface area (Å²) in [7, 11) is 0. The molecule has 0 saturated heterocycles. The van der Waals surface area contributed by atoms with Crippen molar-refractivity contribution in [2.45, 2.75) is 38.1 Å². The molecule has 3 N–H and O–H groups in total. The average Bonchev–Trinajstić information content (AvgIpc) is 2.63. The minimum atomic E-state index is -0.196. The van der Waals surface area contributed by atoms with E-state index in [9.17, 15) is 4.79 Å². The number of anilines is 2. The van der Waals surface area contributed by atoms with Crippen LogP contribution in [-0.2, 0) is 0 Å². The highest BCUT2D eigenvalue weighted by molar-refractivity contribution is 5.88. The lowest BCUT2D eigenvalue weighted by Crippen LogP contribution is -2.24. The van der Waals surface area contributed by atoms with Crippen molar-refractivity contribution < 1.29 is 0 Å². The fraction of sp³-hybridized carbons (Fsp3) is 0.316. The molecule has 25 heavy (non-hydrogen) atoms. The van der Waals surface area contributed by atoms with Crippen LogP contribution in [0.3, 0.4) is 0 Å². The third-order valence-electron chi connectivity index (χ3n) is 4.74. The zero-order chi connectivity index (χ0) is 17.2. The third kappa shape index (κ3) is 3.07. The second kappa shape index (κ2) is 6.55. The molecule has 6 heteroatoms. The minimum Gasteiger partial charge on any atom is -0.398 e. The van der Waals surface area contributed by atoms with Crippen LogP contribution in [0, 0.1) is 0 Å². The van der Waals surface area contributed by atoms with Crippen LogP contribution in [0.25, 0.3) is 16.7 Å². The Morgan fingerprint density at radius 3 is 2.64 bits per heavy atom. The Kier molecular flexibility index (Phi) is 4.09. The summed E-state index contributed by atoms with van der Waals surface area (Å²) in [6.07, 6.45) is 7.70. The Labute approximate surface area is 145 Å². The summed E-state index contributed by atoms with van der Waals surface area (Å²) in [5.74, 6) is 0.550. The van der Waals surface area contributed by atoms with E-state index in [0.717, 1.165) is 18.5 Å². The van der Waals surface area contributed by atoms with Crippen LogP contribution >= 0.6 is 0 Å². The Morgan fingerprint density at radius 1 is 1.12 bits per heavy atom. The number of aromatic nitrogens is 3. The van der Waals surface area contributed by atoms with Crippen molar-refractivity contribution in [2.75, 3.05) is 11.1 Å². The first kappa shape index (κ1) is 15.6. The summed E-state index contributed by atoms with van der Waals surface area (Å²) < 4.78 is 1.58. The summed E-state index contributed by atoms with van der Waals surface area (Å²) in [5.41, 5.74) is 7.52. The smallest absolute Gasteiger partial charge is 0.258 e. The molecular formula is C19H21N5O. The van der Waals surface area contributed by atoms with Crippen molar-refractivity contribution in [1.82, 2.24) is 14.5 Å². The summed E-state index contributed by atoms with van der Waals surface area (Å²) >= 11 is 0. The van der Waals surface area contributed by atoms with Crippen molar-refractivity contribution >= 4 is 22.7 Å². The van der Waals surface area contributed by atoms with E-state index in [2.05, 4.69) is 15.3 Å². The van der Waals surface area contributed by atoms with Crippen molar-refractivity contribution in [3.63, 3.8) is 0 Å². The number of nitrogens with one attached hydrogen (secondary N) is 1. The number of hydrogen-bond acceptors (Lipinski definition) is 5. The topological polar surface area (TPSA) is 85.8 Å². The van der Waals surface area contributed by atoms with E-state index in [1.54, 1.807) is 10.8 Å². The lowest BCUT2D eigenvalue weighted by atomic mass is 9.96. The molecule has 4 rings (SSSR count). The maximum Gasteiger partial charge on any atom is 0.258 e. The monoisotopic (exact) mass is 335 g/mol. The highest BCUT2D eigenvalue weighted by Crippen LogP contribution is 2.23. The molecule has 1 aromatic carbocycles. The standard InChI is InChI=1S/C19H21N5O/c20-16-11-17(25)24(14-9-5-2-6-10-14)18-15(16)12-21-19(23-18)22-13-7-3-1-4-8-13/h2,5-6,9-13H,1,3-4,7-8,20H2,(H,21,22,23). The maximum atomic E-state index is 12.6. The molecule has 128 valence electrons. The predicted molar refractivity (Wildman–Crippen MR) is 100 cm³/mol. The lowest BCUT2D eigenvalue weighted by molar-refractivity contribution is 0.461. The Hall–Kier alpha value is -2.89. The SMILES string of the molecule is Nc1cc(=O)n(-c2ccccc2)c2nc(NC3CCCCC3)ncc12. The van der Waals surface area contributed by atoms with Crippen molar-refractivity contribution in [3.8, 4) is 5.69 Å². The van der Waals surface area contributed by atoms with Crippen LogP contribution in [0.5, 0.6) is 0 Å². The summed E-state index contributed by atoms with van der Waals surface area (Å²) in [6, 6.07) is 11.3. The first-order chi connectivity index (χ1) is 12.2. The molecule has 1 aliphatic rings. The first-order valence-electron chi connectivity index (χ1n) is 8.72. The van der Waals surface area contributed by atoms with Gasteiger partial charge in [0.15, 0.2) is 5.65 Å². The van der Waals surface area contributed by atoms with Crippen molar-refractivity contribution in [3.05, 3.63) is 52.9 Å². The lowest BCUT2D eigenvalue weighted by Gasteiger charge is -2.23. The number of pyridine rings is 1. The highest BCUT2D eigenvalue weighted by Gasteiger charge is 2.16. The number of fused-ring (bicyclic) bond motifs is 1. The third-order valence-corrected chi connectivity index (χ3v) is 4.74. The van der Waals surface area contributed by atoms with E-state index in [4.69, 9.17) is 5.73 Å². The molecule has 1 saturated carbocycles. The van der Waals surface area contributed by atoms with Gasteiger partial charge in [-0.05, 0) is 25.0 Å². The molecule has 0 radical (unpaired) electrons. The van der Waals surface area contributed by atoms with Gasteiger partial charge in [0.1, 0.15) is 0 Å². The second-order valence-electron chi connectivity index (χ2n) is 6.52. The fourth-order valence-electron chi connectivity index (χ4n) is 3.45. The maximum absolute atomic E-state index is 12.6. The van der Waals surface area contributed by atoms with Gasteiger partial charge in [0.25, 0.3) is 5.56 Å². The summed E-state index contributed by atoms with van der Waals surface area (Å²) in [4.78, 5) is 21.6. The van der Waals surface area contributed by atoms with Crippen molar-refractivity contribution in [2.24, 2.45) is 0 Å². The molecule has 1 aliphatic carbocycles.